The SMILES string of the molecule is COc1ccccc1-n1cc(-c2ccccc2)c2c(N3CCC(C)CC3)ncnc21. The number of para-hydroxylation sites is 2. The van der Waals surface area contributed by atoms with Crippen LogP contribution in [0.2, 0.25) is 0 Å². The average Bonchev–Trinajstić information content (AvgIpc) is 3.20. The van der Waals surface area contributed by atoms with Crippen LogP contribution in [0.3, 0.4) is 0 Å². The van der Waals surface area contributed by atoms with Crippen molar-refractivity contribution in [3.05, 3.63) is 67.1 Å². The fourth-order valence-corrected chi connectivity index (χ4v) is 4.35. The van der Waals surface area contributed by atoms with Gasteiger partial charge in [0.25, 0.3) is 0 Å². The highest BCUT2D eigenvalue weighted by molar-refractivity contribution is 6.02. The maximum absolute atomic E-state index is 5.65. The van der Waals surface area contributed by atoms with Crippen molar-refractivity contribution in [2.75, 3.05) is 25.1 Å². The molecule has 5 rings (SSSR count). The molecular formula is C25H26N4O. The lowest BCUT2D eigenvalue weighted by Gasteiger charge is -2.31. The molecule has 0 bridgehead atoms. The number of aromatic nitrogens is 3. The number of anilines is 1. The van der Waals surface area contributed by atoms with E-state index in [0.29, 0.717) is 0 Å². The zero-order valence-corrected chi connectivity index (χ0v) is 17.5. The van der Waals surface area contributed by atoms with Gasteiger partial charge >= 0.3 is 0 Å². The predicted molar refractivity (Wildman–Crippen MR) is 121 cm³/mol. The normalized spacial score (nSPS) is 14.9. The molecule has 1 aliphatic rings. The topological polar surface area (TPSA) is 43.2 Å². The first-order valence-corrected chi connectivity index (χ1v) is 10.6. The van der Waals surface area contributed by atoms with Crippen molar-refractivity contribution in [3.63, 3.8) is 0 Å². The molecule has 1 aliphatic heterocycles. The molecule has 2 aromatic carbocycles. The van der Waals surface area contributed by atoms with Gasteiger partial charge in [-0.25, -0.2) is 9.97 Å². The van der Waals surface area contributed by atoms with Crippen LogP contribution in [0, 0.1) is 5.92 Å². The number of nitrogens with zero attached hydrogens (tertiary/aromatic N) is 4. The maximum atomic E-state index is 5.65. The molecule has 3 heterocycles. The molecule has 5 heteroatoms. The van der Waals surface area contributed by atoms with E-state index in [-0.39, 0.29) is 0 Å². The molecule has 152 valence electrons. The Morgan fingerprint density at radius 2 is 1.67 bits per heavy atom. The molecule has 1 fully saturated rings. The summed E-state index contributed by atoms with van der Waals surface area (Å²) < 4.78 is 7.78. The first-order valence-electron chi connectivity index (χ1n) is 10.6. The minimum absolute atomic E-state index is 0.769. The lowest BCUT2D eigenvalue weighted by molar-refractivity contribution is 0.413. The van der Waals surface area contributed by atoms with Crippen LogP contribution < -0.4 is 9.64 Å². The van der Waals surface area contributed by atoms with Crippen LogP contribution in [0.15, 0.2) is 67.1 Å². The van der Waals surface area contributed by atoms with Crippen LogP contribution >= 0.6 is 0 Å². The Kier molecular flexibility index (Phi) is 4.87. The molecule has 4 aromatic rings. The van der Waals surface area contributed by atoms with Crippen LogP contribution in [-0.4, -0.2) is 34.7 Å². The number of hydrogen-bond acceptors (Lipinski definition) is 4. The monoisotopic (exact) mass is 398 g/mol. The summed E-state index contributed by atoms with van der Waals surface area (Å²) in [6.07, 6.45) is 6.25. The summed E-state index contributed by atoms with van der Waals surface area (Å²) in [5.41, 5.74) is 4.19. The predicted octanol–water partition coefficient (Wildman–Crippen LogP) is 5.33. The Hall–Kier alpha value is -3.34. The maximum Gasteiger partial charge on any atom is 0.150 e. The van der Waals surface area contributed by atoms with Crippen LogP contribution in [0.4, 0.5) is 5.82 Å². The standard InChI is InChI=1S/C25H26N4O/c1-18-12-14-28(15-13-18)24-23-20(19-8-4-3-5-9-19)16-29(25(23)27-17-26-24)21-10-6-7-11-22(21)30-2/h3-11,16-18H,12-15H2,1-2H3. The van der Waals surface area contributed by atoms with E-state index in [4.69, 9.17) is 14.7 Å². The Labute approximate surface area is 177 Å². The van der Waals surface area contributed by atoms with Gasteiger partial charge in [0.1, 0.15) is 17.9 Å². The smallest absolute Gasteiger partial charge is 0.150 e. The quantitative estimate of drug-likeness (QED) is 0.466. The van der Waals surface area contributed by atoms with E-state index in [1.54, 1.807) is 13.4 Å². The minimum atomic E-state index is 0.769. The van der Waals surface area contributed by atoms with Crippen molar-refractivity contribution >= 4 is 16.9 Å². The largest absolute Gasteiger partial charge is 0.495 e. The fraction of sp³-hybridized carbons (Fsp3) is 0.280. The van der Waals surface area contributed by atoms with Crippen molar-refractivity contribution in [2.24, 2.45) is 5.92 Å². The average molecular weight is 399 g/mol. The summed E-state index contributed by atoms with van der Waals surface area (Å²) in [6, 6.07) is 18.6. The summed E-state index contributed by atoms with van der Waals surface area (Å²) >= 11 is 0. The second kappa shape index (κ2) is 7.82. The third kappa shape index (κ3) is 3.20. The van der Waals surface area contributed by atoms with E-state index in [1.807, 2.05) is 24.3 Å². The highest BCUT2D eigenvalue weighted by atomic mass is 16.5. The van der Waals surface area contributed by atoms with Gasteiger partial charge in [0, 0.05) is 24.8 Å². The van der Waals surface area contributed by atoms with Gasteiger partial charge in [-0.05, 0) is 36.5 Å². The molecule has 0 amide bonds. The number of piperidine rings is 1. The Morgan fingerprint density at radius 1 is 0.933 bits per heavy atom. The Morgan fingerprint density at radius 3 is 2.43 bits per heavy atom. The van der Waals surface area contributed by atoms with Crippen LogP contribution in [0.1, 0.15) is 19.8 Å². The highest BCUT2D eigenvalue weighted by Crippen LogP contribution is 2.39. The highest BCUT2D eigenvalue weighted by Gasteiger charge is 2.24. The van der Waals surface area contributed by atoms with Gasteiger partial charge in [0.2, 0.25) is 0 Å². The first-order chi connectivity index (χ1) is 14.8. The molecule has 0 aliphatic carbocycles. The third-order valence-electron chi connectivity index (χ3n) is 6.08. The first kappa shape index (κ1) is 18.7. The van der Waals surface area contributed by atoms with E-state index < -0.39 is 0 Å². The van der Waals surface area contributed by atoms with Crippen molar-refractivity contribution in [2.45, 2.75) is 19.8 Å². The van der Waals surface area contributed by atoms with E-state index in [0.717, 1.165) is 58.4 Å². The summed E-state index contributed by atoms with van der Waals surface area (Å²) in [5.74, 6) is 2.62. The van der Waals surface area contributed by atoms with Crippen LogP contribution in [0.5, 0.6) is 5.75 Å². The van der Waals surface area contributed by atoms with Crippen LogP contribution in [0.25, 0.3) is 27.8 Å². The molecule has 0 atom stereocenters. The number of rotatable bonds is 4. The minimum Gasteiger partial charge on any atom is -0.495 e. The van der Waals surface area contributed by atoms with Crippen molar-refractivity contribution in [1.29, 1.82) is 0 Å². The molecule has 0 radical (unpaired) electrons. The second-order valence-corrected chi connectivity index (χ2v) is 8.02. The zero-order chi connectivity index (χ0) is 20.5. The summed E-state index contributed by atoms with van der Waals surface area (Å²) in [7, 11) is 1.71. The molecule has 0 saturated carbocycles. The van der Waals surface area contributed by atoms with Gasteiger partial charge in [-0.2, -0.15) is 0 Å². The molecule has 1 saturated heterocycles. The fourth-order valence-electron chi connectivity index (χ4n) is 4.35. The van der Waals surface area contributed by atoms with Crippen molar-refractivity contribution in [3.8, 4) is 22.6 Å². The lowest BCUT2D eigenvalue weighted by Crippen LogP contribution is -2.33. The van der Waals surface area contributed by atoms with E-state index in [1.165, 1.54) is 12.8 Å². The number of methoxy groups -OCH3 is 1. The summed E-state index contributed by atoms with van der Waals surface area (Å²) in [4.78, 5) is 11.9. The molecule has 2 aromatic heterocycles. The Balaban J connectivity index is 1.76. The van der Waals surface area contributed by atoms with E-state index in [9.17, 15) is 0 Å². The zero-order valence-electron chi connectivity index (χ0n) is 17.5. The van der Waals surface area contributed by atoms with Gasteiger partial charge in [-0.1, -0.05) is 49.4 Å². The number of hydrogen-bond donors (Lipinski definition) is 0. The van der Waals surface area contributed by atoms with Gasteiger partial charge in [-0.3, -0.25) is 4.57 Å². The second-order valence-electron chi connectivity index (χ2n) is 8.02. The van der Waals surface area contributed by atoms with E-state index in [2.05, 4.69) is 52.9 Å². The number of benzene rings is 2. The van der Waals surface area contributed by atoms with Gasteiger partial charge < -0.3 is 9.64 Å². The van der Waals surface area contributed by atoms with Gasteiger partial charge in [0.15, 0.2) is 5.65 Å². The molecule has 0 N–H and O–H groups in total. The summed E-state index contributed by atoms with van der Waals surface area (Å²) in [6.45, 7) is 4.39. The lowest BCUT2D eigenvalue weighted by atomic mass is 9.98. The van der Waals surface area contributed by atoms with Gasteiger partial charge in [0.05, 0.1) is 18.2 Å². The van der Waals surface area contributed by atoms with Crippen molar-refractivity contribution in [1.82, 2.24) is 14.5 Å². The number of fused-ring (bicyclic) bond motifs is 1. The van der Waals surface area contributed by atoms with Gasteiger partial charge in [-0.15, -0.1) is 0 Å². The third-order valence-corrected chi connectivity index (χ3v) is 6.08. The molecule has 0 unspecified atom stereocenters. The van der Waals surface area contributed by atoms with Crippen LogP contribution in [-0.2, 0) is 0 Å². The molecule has 5 nitrogen and oxygen atoms in total. The molecular weight excluding hydrogens is 372 g/mol. The molecule has 0 spiro atoms. The van der Waals surface area contributed by atoms with Crippen molar-refractivity contribution < 1.29 is 4.74 Å². The number of ether oxygens (including phenoxy) is 1. The van der Waals surface area contributed by atoms with E-state index >= 15 is 0 Å². The molecule has 30 heavy (non-hydrogen) atoms. The Bertz CT molecular complexity index is 1160. The summed E-state index contributed by atoms with van der Waals surface area (Å²) in [5, 5.41) is 1.10.